The van der Waals surface area contributed by atoms with E-state index in [9.17, 15) is 5.11 Å². The topological polar surface area (TPSA) is 29.5 Å². The van der Waals surface area contributed by atoms with Crippen molar-refractivity contribution in [1.29, 1.82) is 0 Å². The minimum atomic E-state index is -0.793. The SMILES string of the molecule is COC1CC[C@H]2[C@@H]3CCC4CC(O)(C#Cc5cccs5)CC[C@]4(C)[C@@H]3CC[C@]12C. The van der Waals surface area contributed by atoms with Crippen LogP contribution in [-0.4, -0.2) is 23.9 Å². The number of rotatable bonds is 1. The fourth-order valence-electron chi connectivity index (χ4n) is 8.23. The molecule has 4 aliphatic rings. The largest absolute Gasteiger partial charge is 0.381 e. The van der Waals surface area contributed by atoms with E-state index in [0.29, 0.717) is 22.9 Å². The minimum absolute atomic E-state index is 0.381. The van der Waals surface area contributed by atoms with Gasteiger partial charge >= 0.3 is 0 Å². The molecule has 5 rings (SSSR count). The monoisotopic (exact) mass is 412 g/mol. The standard InChI is InChI=1S/C26H36O2S/c1-24-14-15-26(27,13-10-19-5-4-16-29-19)17-18(24)6-7-20-21-8-9-23(28-3)25(21,2)12-11-22(20)24/h4-5,16,18,20-23,27H,6-9,11-12,14-15,17H2,1-3H3/t18?,20-,21-,22+,23?,24-,25-,26?/m0/s1. The molecule has 4 saturated carbocycles. The predicted octanol–water partition coefficient (Wildman–Crippen LogP) is 5.89. The number of hydrogen-bond acceptors (Lipinski definition) is 3. The fraction of sp³-hybridized carbons (Fsp3) is 0.769. The molecule has 29 heavy (non-hydrogen) atoms. The molecule has 4 fully saturated rings. The van der Waals surface area contributed by atoms with E-state index in [0.717, 1.165) is 41.9 Å². The second-order valence-corrected chi connectivity index (χ2v) is 11.9. The van der Waals surface area contributed by atoms with Crippen LogP contribution < -0.4 is 0 Å². The smallest absolute Gasteiger partial charge is 0.126 e. The summed E-state index contributed by atoms with van der Waals surface area (Å²) in [6.07, 6.45) is 11.2. The Hall–Kier alpha value is -0.820. The molecule has 0 saturated heterocycles. The third-order valence-electron chi connectivity index (χ3n) is 9.86. The highest BCUT2D eigenvalue weighted by Gasteiger charge is 2.61. The lowest BCUT2D eigenvalue weighted by Crippen LogP contribution is -2.56. The van der Waals surface area contributed by atoms with E-state index >= 15 is 0 Å². The van der Waals surface area contributed by atoms with Crippen LogP contribution in [0.1, 0.15) is 76.5 Å². The Balaban J connectivity index is 1.35. The molecule has 0 spiro atoms. The maximum absolute atomic E-state index is 11.3. The Labute approximate surface area is 180 Å². The lowest BCUT2D eigenvalue weighted by atomic mass is 9.44. The van der Waals surface area contributed by atoms with Crippen molar-refractivity contribution >= 4 is 11.3 Å². The average molecular weight is 413 g/mol. The Morgan fingerprint density at radius 2 is 1.86 bits per heavy atom. The summed E-state index contributed by atoms with van der Waals surface area (Å²) in [6.45, 7) is 5.08. The number of aliphatic hydroxyl groups is 1. The van der Waals surface area contributed by atoms with Crippen molar-refractivity contribution in [3.63, 3.8) is 0 Å². The van der Waals surface area contributed by atoms with Crippen molar-refractivity contribution in [2.45, 2.75) is 83.3 Å². The van der Waals surface area contributed by atoms with Crippen molar-refractivity contribution in [1.82, 2.24) is 0 Å². The zero-order valence-electron chi connectivity index (χ0n) is 18.2. The van der Waals surface area contributed by atoms with E-state index in [2.05, 4.69) is 31.1 Å². The number of ether oxygens (including phenoxy) is 1. The molecule has 1 N–H and O–H groups in total. The van der Waals surface area contributed by atoms with E-state index in [1.165, 1.54) is 38.5 Å². The first-order valence-corrected chi connectivity index (χ1v) is 12.6. The maximum atomic E-state index is 11.3. The fourth-order valence-corrected chi connectivity index (χ4v) is 8.80. The molecule has 0 amide bonds. The van der Waals surface area contributed by atoms with Crippen LogP contribution in [0.3, 0.4) is 0 Å². The van der Waals surface area contributed by atoms with Gasteiger partial charge in [-0.1, -0.05) is 31.8 Å². The van der Waals surface area contributed by atoms with Gasteiger partial charge in [-0.05, 0) is 104 Å². The zero-order valence-corrected chi connectivity index (χ0v) is 19.1. The molecule has 1 aromatic rings. The maximum Gasteiger partial charge on any atom is 0.126 e. The minimum Gasteiger partial charge on any atom is -0.381 e. The van der Waals surface area contributed by atoms with Crippen LogP contribution in [-0.2, 0) is 4.74 Å². The molecular weight excluding hydrogens is 376 g/mol. The summed E-state index contributed by atoms with van der Waals surface area (Å²) < 4.78 is 5.93. The Bertz CT molecular complexity index is 806. The highest BCUT2D eigenvalue weighted by Crippen LogP contribution is 2.67. The molecule has 0 aromatic carbocycles. The molecule has 1 aromatic heterocycles. The van der Waals surface area contributed by atoms with Crippen molar-refractivity contribution in [3.8, 4) is 11.8 Å². The quantitative estimate of drug-likeness (QED) is 0.583. The highest BCUT2D eigenvalue weighted by molar-refractivity contribution is 7.10. The first-order valence-electron chi connectivity index (χ1n) is 11.7. The first kappa shape index (κ1) is 20.1. The van der Waals surface area contributed by atoms with E-state index in [1.807, 2.05) is 19.2 Å². The van der Waals surface area contributed by atoms with Crippen LogP contribution >= 0.6 is 11.3 Å². The van der Waals surface area contributed by atoms with Crippen molar-refractivity contribution in [2.24, 2.45) is 34.5 Å². The van der Waals surface area contributed by atoms with Crippen molar-refractivity contribution < 1.29 is 9.84 Å². The highest BCUT2D eigenvalue weighted by atomic mass is 32.1. The molecule has 4 aliphatic carbocycles. The second kappa shape index (κ2) is 7.11. The Morgan fingerprint density at radius 1 is 1.03 bits per heavy atom. The molecule has 2 nitrogen and oxygen atoms in total. The lowest BCUT2D eigenvalue weighted by molar-refractivity contribution is -0.146. The molecule has 0 aliphatic heterocycles. The molecule has 0 bridgehead atoms. The summed E-state index contributed by atoms with van der Waals surface area (Å²) in [5.74, 6) is 9.66. The van der Waals surface area contributed by atoms with Crippen LogP contribution in [0.5, 0.6) is 0 Å². The molecular formula is C26H36O2S. The summed E-state index contributed by atoms with van der Waals surface area (Å²) in [4.78, 5) is 1.07. The number of hydrogen-bond donors (Lipinski definition) is 1. The van der Waals surface area contributed by atoms with E-state index in [4.69, 9.17) is 4.74 Å². The number of thiophene rings is 1. The van der Waals surface area contributed by atoms with Gasteiger partial charge in [-0.2, -0.15) is 0 Å². The van der Waals surface area contributed by atoms with E-state index < -0.39 is 5.60 Å². The van der Waals surface area contributed by atoms with Gasteiger partial charge in [0.2, 0.25) is 0 Å². The van der Waals surface area contributed by atoms with Crippen molar-refractivity contribution in [2.75, 3.05) is 7.11 Å². The van der Waals surface area contributed by atoms with Gasteiger partial charge in [-0.3, -0.25) is 0 Å². The van der Waals surface area contributed by atoms with Crippen LogP contribution in [0.25, 0.3) is 0 Å². The second-order valence-electron chi connectivity index (χ2n) is 11.0. The first-order chi connectivity index (χ1) is 13.9. The van der Waals surface area contributed by atoms with Gasteiger partial charge in [0, 0.05) is 7.11 Å². The third kappa shape index (κ3) is 3.13. The summed E-state index contributed by atoms with van der Waals surface area (Å²) in [5.41, 5.74) is -0.0222. The van der Waals surface area contributed by atoms with Crippen molar-refractivity contribution in [3.05, 3.63) is 22.4 Å². The molecule has 0 radical (unpaired) electrons. The molecule has 3 heteroatoms. The summed E-state index contributed by atoms with van der Waals surface area (Å²) in [7, 11) is 1.92. The molecule has 158 valence electrons. The van der Waals surface area contributed by atoms with E-state index in [-0.39, 0.29) is 0 Å². The number of fused-ring (bicyclic) bond motifs is 5. The van der Waals surface area contributed by atoms with Crippen LogP contribution in [0, 0.1) is 46.3 Å². The molecule has 1 heterocycles. The normalized spacial score (nSPS) is 48.8. The summed E-state index contributed by atoms with van der Waals surface area (Å²) >= 11 is 1.66. The Kier molecular flexibility index (Phi) is 4.93. The predicted molar refractivity (Wildman–Crippen MR) is 119 cm³/mol. The van der Waals surface area contributed by atoms with Crippen LogP contribution in [0.2, 0.25) is 0 Å². The average Bonchev–Trinajstić information content (AvgIpc) is 3.34. The molecule has 3 unspecified atom stereocenters. The summed E-state index contributed by atoms with van der Waals surface area (Å²) in [6, 6.07) is 4.08. The Morgan fingerprint density at radius 3 is 2.62 bits per heavy atom. The van der Waals surface area contributed by atoms with Gasteiger partial charge in [0.05, 0.1) is 11.0 Å². The number of methoxy groups -OCH3 is 1. The van der Waals surface area contributed by atoms with Crippen LogP contribution in [0.4, 0.5) is 0 Å². The van der Waals surface area contributed by atoms with Gasteiger partial charge in [0.15, 0.2) is 0 Å². The van der Waals surface area contributed by atoms with Gasteiger partial charge in [0.25, 0.3) is 0 Å². The third-order valence-corrected chi connectivity index (χ3v) is 10.6. The van der Waals surface area contributed by atoms with E-state index in [1.54, 1.807) is 11.3 Å². The molecule has 8 atom stereocenters. The summed E-state index contributed by atoms with van der Waals surface area (Å²) in [5, 5.41) is 13.3. The van der Waals surface area contributed by atoms with Gasteiger partial charge in [0.1, 0.15) is 5.60 Å². The van der Waals surface area contributed by atoms with Gasteiger partial charge in [-0.15, -0.1) is 11.3 Å². The van der Waals surface area contributed by atoms with Gasteiger partial charge in [-0.25, -0.2) is 0 Å². The van der Waals surface area contributed by atoms with Crippen LogP contribution in [0.15, 0.2) is 17.5 Å². The van der Waals surface area contributed by atoms with Gasteiger partial charge < -0.3 is 9.84 Å². The lowest BCUT2D eigenvalue weighted by Gasteiger charge is -2.61. The zero-order chi connectivity index (χ0) is 20.3.